The highest BCUT2D eigenvalue weighted by atomic mass is 16.6. The topological polar surface area (TPSA) is 84.9 Å². The standard InChI is InChI=1S/C13H23NO5/c1-12(2,3)19-11(17)14-13(10(15)16)7-5-6-9(8-13)18-4/h9H,5-8H2,1-4H3,(H,14,17)(H,15,16). The molecule has 2 N–H and O–H groups in total. The first-order valence-corrected chi connectivity index (χ1v) is 6.46. The van der Waals surface area contributed by atoms with Crippen molar-refractivity contribution in [2.75, 3.05) is 7.11 Å². The van der Waals surface area contributed by atoms with Crippen LogP contribution in [0.1, 0.15) is 46.5 Å². The summed E-state index contributed by atoms with van der Waals surface area (Å²) in [6.45, 7) is 5.20. The molecular weight excluding hydrogens is 250 g/mol. The summed E-state index contributed by atoms with van der Waals surface area (Å²) in [6.07, 6.45) is 1.30. The van der Waals surface area contributed by atoms with Crippen molar-refractivity contribution in [1.29, 1.82) is 0 Å². The van der Waals surface area contributed by atoms with Crippen LogP contribution in [0.5, 0.6) is 0 Å². The number of aliphatic carboxylic acids is 1. The number of hydrogen-bond acceptors (Lipinski definition) is 4. The summed E-state index contributed by atoms with van der Waals surface area (Å²) >= 11 is 0. The molecule has 0 heterocycles. The van der Waals surface area contributed by atoms with E-state index in [1.54, 1.807) is 27.9 Å². The molecule has 1 rings (SSSR count). The number of alkyl carbamates (subject to hydrolysis) is 1. The van der Waals surface area contributed by atoms with Gasteiger partial charge in [0.1, 0.15) is 11.1 Å². The molecule has 6 heteroatoms. The normalized spacial score (nSPS) is 27.7. The number of carbonyl (C=O) groups is 2. The zero-order valence-corrected chi connectivity index (χ0v) is 12.0. The number of amides is 1. The van der Waals surface area contributed by atoms with Crippen molar-refractivity contribution in [3.05, 3.63) is 0 Å². The average Bonchev–Trinajstić information content (AvgIpc) is 2.26. The van der Waals surface area contributed by atoms with Gasteiger partial charge in [-0.3, -0.25) is 0 Å². The second-order valence-corrected chi connectivity index (χ2v) is 5.97. The molecule has 6 nitrogen and oxygen atoms in total. The van der Waals surface area contributed by atoms with Crippen molar-refractivity contribution in [3.63, 3.8) is 0 Å². The zero-order chi connectivity index (χ0) is 14.7. The minimum absolute atomic E-state index is 0.153. The molecule has 0 radical (unpaired) electrons. The summed E-state index contributed by atoms with van der Waals surface area (Å²) in [4.78, 5) is 23.3. The summed E-state index contributed by atoms with van der Waals surface area (Å²) in [5, 5.41) is 11.9. The van der Waals surface area contributed by atoms with Crippen LogP contribution in [-0.4, -0.2) is 41.5 Å². The van der Waals surface area contributed by atoms with Gasteiger partial charge in [-0.2, -0.15) is 0 Å². The number of nitrogens with one attached hydrogen (secondary N) is 1. The Balaban J connectivity index is 2.77. The number of hydrogen-bond donors (Lipinski definition) is 2. The van der Waals surface area contributed by atoms with Gasteiger partial charge in [0.25, 0.3) is 0 Å². The highest BCUT2D eigenvalue weighted by Crippen LogP contribution is 2.30. The summed E-state index contributed by atoms with van der Waals surface area (Å²) in [6, 6.07) is 0. The molecule has 0 aromatic rings. The molecule has 2 atom stereocenters. The van der Waals surface area contributed by atoms with E-state index in [1.165, 1.54) is 0 Å². The summed E-state index contributed by atoms with van der Waals surface area (Å²) in [5.74, 6) is -1.04. The number of ether oxygens (including phenoxy) is 2. The first-order chi connectivity index (χ1) is 8.68. The van der Waals surface area contributed by atoms with Crippen molar-refractivity contribution in [2.24, 2.45) is 0 Å². The van der Waals surface area contributed by atoms with Crippen molar-refractivity contribution >= 4 is 12.1 Å². The van der Waals surface area contributed by atoms with Crippen molar-refractivity contribution < 1.29 is 24.2 Å². The Morgan fingerprint density at radius 2 is 2.00 bits per heavy atom. The molecule has 110 valence electrons. The Kier molecular flexibility index (Phi) is 4.79. The van der Waals surface area contributed by atoms with Gasteiger partial charge < -0.3 is 19.9 Å². The first kappa shape index (κ1) is 15.8. The fourth-order valence-corrected chi connectivity index (χ4v) is 2.29. The summed E-state index contributed by atoms with van der Waals surface area (Å²) < 4.78 is 10.4. The number of carbonyl (C=O) groups excluding carboxylic acids is 1. The maximum Gasteiger partial charge on any atom is 0.408 e. The number of rotatable bonds is 3. The monoisotopic (exact) mass is 273 g/mol. The van der Waals surface area contributed by atoms with Gasteiger partial charge in [-0.1, -0.05) is 0 Å². The average molecular weight is 273 g/mol. The van der Waals surface area contributed by atoms with Crippen LogP contribution in [0.3, 0.4) is 0 Å². The number of methoxy groups -OCH3 is 1. The quantitative estimate of drug-likeness (QED) is 0.820. The lowest BCUT2D eigenvalue weighted by atomic mass is 9.80. The summed E-state index contributed by atoms with van der Waals surface area (Å²) in [5.41, 5.74) is -1.94. The van der Waals surface area contributed by atoms with E-state index >= 15 is 0 Å². The molecule has 19 heavy (non-hydrogen) atoms. The zero-order valence-electron chi connectivity index (χ0n) is 12.0. The van der Waals surface area contributed by atoms with Gasteiger partial charge in [0, 0.05) is 13.5 Å². The molecule has 1 amide bonds. The molecule has 0 aromatic heterocycles. The van der Waals surface area contributed by atoms with Crippen LogP contribution in [-0.2, 0) is 14.3 Å². The predicted octanol–water partition coefficient (Wildman–Crippen LogP) is 1.92. The molecule has 2 unspecified atom stereocenters. The molecule has 0 aliphatic heterocycles. The fourth-order valence-electron chi connectivity index (χ4n) is 2.29. The van der Waals surface area contributed by atoms with Crippen LogP contribution in [0.25, 0.3) is 0 Å². The molecule has 0 aromatic carbocycles. The molecule has 0 saturated heterocycles. The lowest BCUT2D eigenvalue weighted by Crippen LogP contribution is -2.58. The lowest BCUT2D eigenvalue weighted by molar-refractivity contribution is -0.148. The Bertz CT molecular complexity index is 349. The SMILES string of the molecule is COC1CCCC(NC(=O)OC(C)(C)C)(C(=O)O)C1. The Hall–Kier alpha value is -1.30. The van der Waals surface area contributed by atoms with E-state index in [2.05, 4.69) is 5.32 Å². The van der Waals surface area contributed by atoms with E-state index in [1.807, 2.05) is 0 Å². The third-order valence-electron chi connectivity index (χ3n) is 3.19. The molecular formula is C13H23NO5. The van der Waals surface area contributed by atoms with Gasteiger partial charge in [-0.05, 0) is 40.0 Å². The van der Waals surface area contributed by atoms with Crippen LogP contribution in [0.2, 0.25) is 0 Å². The van der Waals surface area contributed by atoms with E-state index in [0.717, 1.165) is 6.42 Å². The van der Waals surface area contributed by atoms with Crippen LogP contribution < -0.4 is 5.32 Å². The molecule has 1 aliphatic carbocycles. The van der Waals surface area contributed by atoms with Crippen LogP contribution >= 0.6 is 0 Å². The molecule has 1 fully saturated rings. The largest absolute Gasteiger partial charge is 0.480 e. The smallest absolute Gasteiger partial charge is 0.408 e. The van der Waals surface area contributed by atoms with E-state index < -0.39 is 23.2 Å². The van der Waals surface area contributed by atoms with Gasteiger partial charge in [0.05, 0.1) is 6.10 Å². The predicted molar refractivity (Wildman–Crippen MR) is 69.0 cm³/mol. The number of carboxylic acid groups (broad SMARTS) is 1. The Morgan fingerprint density at radius 3 is 2.47 bits per heavy atom. The second-order valence-electron chi connectivity index (χ2n) is 5.97. The van der Waals surface area contributed by atoms with E-state index in [0.29, 0.717) is 12.8 Å². The molecule has 1 aliphatic rings. The minimum atomic E-state index is -1.29. The molecule has 0 bridgehead atoms. The summed E-state index contributed by atoms with van der Waals surface area (Å²) in [7, 11) is 1.55. The lowest BCUT2D eigenvalue weighted by Gasteiger charge is -2.37. The third-order valence-corrected chi connectivity index (χ3v) is 3.19. The van der Waals surface area contributed by atoms with Crippen molar-refractivity contribution in [3.8, 4) is 0 Å². The van der Waals surface area contributed by atoms with E-state index in [4.69, 9.17) is 9.47 Å². The minimum Gasteiger partial charge on any atom is -0.480 e. The van der Waals surface area contributed by atoms with E-state index in [-0.39, 0.29) is 12.5 Å². The van der Waals surface area contributed by atoms with Gasteiger partial charge in [0.2, 0.25) is 0 Å². The Labute approximate surface area is 113 Å². The highest BCUT2D eigenvalue weighted by molar-refractivity contribution is 5.84. The maximum absolute atomic E-state index is 11.8. The fraction of sp³-hybridized carbons (Fsp3) is 0.846. The highest BCUT2D eigenvalue weighted by Gasteiger charge is 2.45. The van der Waals surface area contributed by atoms with Crippen LogP contribution in [0.4, 0.5) is 4.79 Å². The van der Waals surface area contributed by atoms with Gasteiger partial charge >= 0.3 is 12.1 Å². The second kappa shape index (κ2) is 5.77. The van der Waals surface area contributed by atoms with Crippen LogP contribution in [0.15, 0.2) is 0 Å². The van der Waals surface area contributed by atoms with Crippen molar-refractivity contribution in [1.82, 2.24) is 5.32 Å². The van der Waals surface area contributed by atoms with Gasteiger partial charge in [-0.25, -0.2) is 9.59 Å². The maximum atomic E-state index is 11.8. The van der Waals surface area contributed by atoms with E-state index in [9.17, 15) is 14.7 Å². The molecule has 0 spiro atoms. The van der Waals surface area contributed by atoms with Gasteiger partial charge in [0.15, 0.2) is 0 Å². The molecule has 1 saturated carbocycles. The Morgan fingerprint density at radius 1 is 1.37 bits per heavy atom. The third kappa shape index (κ3) is 4.38. The van der Waals surface area contributed by atoms with Crippen molar-refractivity contribution in [2.45, 2.75) is 63.7 Å². The van der Waals surface area contributed by atoms with Gasteiger partial charge in [-0.15, -0.1) is 0 Å². The van der Waals surface area contributed by atoms with Crippen LogP contribution in [0, 0.1) is 0 Å². The first-order valence-electron chi connectivity index (χ1n) is 6.46. The number of carboxylic acids is 1.